The average Bonchev–Trinajstić information content (AvgIpc) is 3.18. The third-order valence-electron chi connectivity index (χ3n) is 5.12. The van der Waals surface area contributed by atoms with E-state index in [9.17, 15) is 19.2 Å². The van der Waals surface area contributed by atoms with Crippen molar-refractivity contribution in [3.05, 3.63) is 52.0 Å². The second-order valence-corrected chi connectivity index (χ2v) is 8.48. The number of rotatable bonds is 8. The second-order valence-electron chi connectivity index (χ2n) is 7.56. The van der Waals surface area contributed by atoms with Crippen LogP contribution in [-0.4, -0.2) is 56.1 Å². The Bertz CT molecular complexity index is 1100. The summed E-state index contributed by atoms with van der Waals surface area (Å²) in [4.78, 5) is 49.5. The van der Waals surface area contributed by atoms with Crippen molar-refractivity contribution >= 4 is 45.3 Å². The zero-order valence-corrected chi connectivity index (χ0v) is 20.4. The molecule has 1 aliphatic heterocycles. The van der Waals surface area contributed by atoms with Crippen LogP contribution in [0, 0.1) is 12.8 Å². The lowest BCUT2D eigenvalue weighted by Crippen LogP contribution is -2.43. The van der Waals surface area contributed by atoms with Crippen LogP contribution in [0.3, 0.4) is 0 Å². The van der Waals surface area contributed by atoms with Crippen LogP contribution in [0.5, 0.6) is 11.5 Å². The van der Waals surface area contributed by atoms with Crippen molar-refractivity contribution in [2.45, 2.75) is 13.3 Å². The maximum Gasteiger partial charge on any atom is 0.311 e. The summed E-state index contributed by atoms with van der Waals surface area (Å²) < 4.78 is 16.3. The van der Waals surface area contributed by atoms with Crippen molar-refractivity contribution in [1.29, 1.82) is 0 Å². The van der Waals surface area contributed by atoms with Crippen molar-refractivity contribution in [1.82, 2.24) is 10.4 Å². The molecule has 2 N–H and O–H groups in total. The summed E-state index contributed by atoms with van der Waals surface area (Å²) in [7, 11) is 2.91. The highest BCUT2D eigenvalue weighted by Crippen LogP contribution is 2.24. The van der Waals surface area contributed by atoms with Crippen LogP contribution >= 0.6 is 15.9 Å². The van der Waals surface area contributed by atoms with Gasteiger partial charge in [0.2, 0.25) is 5.91 Å². The van der Waals surface area contributed by atoms with Gasteiger partial charge in [0.1, 0.15) is 11.5 Å². The van der Waals surface area contributed by atoms with E-state index in [1.807, 2.05) is 13.0 Å². The minimum absolute atomic E-state index is 0.0715. The third-order valence-corrected chi connectivity index (χ3v) is 5.61. The van der Waals surface area contributed by atoms with E-state index in [0.29, 0.717) is 17.2 Å². The van der Waals surface area contributed by atoms with E-state index in [-0.39, 0.29) is 18.5 Å². The van der Waals surface area contributed by atoms with Gasteiger partial charge < -0.3 is 19.5 Å². The topological polar surface area (TPSA) is 123 Å². The molecule has 0 spiro atoms. The van der Waals surface area contributed by atoms with Gasteiger partial charge in [-0.05, 0) is 42.8 Å². The van der Waals surface area contributed by atoms with Crippen LogP contribution < -0.4 is 20.2 Å². The van der Waals surface area contributed by atoms with Gasteiger partial charge >= 0.3 is 5.97 Å². The Balaban J connectivity index is 1.53. The Hall–Kier alpha value is -3.60. The SMILES string of the molecule is COc1cc(OC)cc(C(=O)NN2C[C@H](C(=O)OCC(=O)Nc3ccc(Br)cc3C)CC2=O)c1. The highest BCUT2D eigenvalue weighted by molar-refractivity contribution is 9.10. The summed E-state index contributed by atoms with van der Waals surface area (Å²) in [6.45, 7) is 1.27. The molecule has 0 aliphatic carbocycles. The van der Waals surface area contributed by atoms with Gasteiger partial charge in [0, 0.05) is 28.2 Å². The largest absolute Gasteiger partial charge is 0.497 e. The van der Waals surface area contributed by atoms with E-state index < -0.39 is 36.2 Å². The summed E-state index contributed by atoms with van der Waals surface area (Å²) in [5, 5.41) is 3.73. The fraction of sp³-hybridized carbons (Fsp3) is 0.304. The molecule has 2 aromatic carbocycles. The molecule has 1 fully saturated rings. The molecule has 3 amide bonds. The number of methoxy groups -OCH3 is 2. The number of halogens is 1. The van der Waals surface area contributed by atoms with Gasteiger partial charge in [-0.2, -0.15) is 0 Å². The number of ether oxygens (including phenoxy) is 3. The lowest BCUT2D eigenvalue weighted by atomic mass is 10.1. The molecule has 2 aromatic rings. The van der Waals surface area contributed by atoms with Crippen LogP contribution in [-0.2, 0) is 19.1 Å². The molecule has 0 aromatic heterocycles. The molecule has 11 heteroatoms. The number of nitrogens with one attached hydrogen (secondary N) is 2. The van der Waals surface area contributed by atoms with E-state index in [2.05, 4.69) is 26.7 Å². The summed E-state index contributed by atoms with van der Waals surface area (Å²) in [6, 6.07) is 9.95. The number of hydrogen-bond acceptors (Lipinski definition) is 7. The first-order valence-electron chi connectivity index (χ1n) is 10.3. The molecule has 1 saturated heterocycles. The predicted molar refractivity (Wildman–Crippen MR) is 125 cm³/mol. The standard InChI is InChI=1S/C23H24BrN3O7/c1-13-6-16(24)4-5-19(13)25-20(28)12-34-23(31)15-9-21(29)27(11-15)26-22(30)14-7-17(32-2)10-18(8-14)33-3/h4-8,10,15H,9,11-12H2,1-3H3,(H,25,28)(H,26,30)/t15-/m1/s1. The average molecular weight is 534 g/mol. The van der Waals surface area contributed by atoms with Crippen molar-refractivity contribution in [3.63, 3.8) is 0 Å². The molecule has 0 radical (unpaired) electrons. The molecule has 10 nitrogen and oxygen atoms in total. The Kier molecular flexibility index (Phi) is 8.11. The van der Waals surface area contributed by atoms with Crippen LogP contribution in [0.1, 0.15) is 22.3 Å². The summed E-state index contributed by atoms with van der Waals surface area (Å²) in [5.74, 6) is -2.19. The quantitative estimate of drug-likeness (QED) is 0.499. The summed E-state index contributed by atoms with van der Waals surface area (Å²) in [5.41, 5.74) is 4.14. The zero-order valence-electron chi connectivity index (χ0n) is 18.8. The maximum absolute atomic E-state index is 12.6. The first kappa shape index (κ1) is 25.0. The minimum Gasteiger partial charge on any atom is -0.497 e. The number of esters is 1. The lowest BCUT2D eigenvalue weighted by Gasteiger charge is -2.18. The van der Waals surface area contributed by atoms with Crippen molar-refractivity contribution in [2.24, 2.45) is 5.92 Å². The third kappa shape index (κ3) is 6.25. The number of hydrogen-bond donors (Lipinski definition) is 2. The normalized spacial score (nSPS) is 15.0. The smallest absolute Gasteiger partial charge is 0.311 e. The molecular weight excluding hydrogens is 510 g/mol. The number of amides is 3. The van der Waals surface area contributed by atoms with Gasteiger partial charge in [-0.25, -0.2) is 0 Å². The van der Waals surface area contributed by atoms with E-state index in [4.69, 9.17) is 14.2 Å². The van der Waals surface area contributed by atoms with Gasteiger partial charge in [0.05, 0.1) is 26.7 Å². The molecule has 180 valence electrons. The summed E-state index contributed by atoms with van der Waals surface area (Å²) >= 11 is 3.35. The number of benzene rings is 2. The number of nitrogens with zero attached hydrogens (tertiary/aromatic N) is 1. The zero-order chi connectivity index (χ0) is 24.8. The molecule has 0 unspecified atom stereocenters. The first-order chi connectivity index (χ1) is 16.2. The summed E-state index contributed by atoms with van der Waals surface area (Å²) in [6.07, 6.45) is -0.145. The van der Waals surface area contributed by atoms with Gasteiger partial charge in [-0.15, -0.1) is 0 Å². The number of hydrazine groups is 1. The molecule has 0 saturated carbocycles. The first-order valence-corrected chi connectivity index (χ1v) is 11.1. The molecule has 1 aliphatic rings. The van der Waals surface area contributed by atoms with E-state index in [1.54, 1.807) is 18.2 Å². The van der Waals surface area contributed by atoms with Gasteiger partial charge in [-0.3, -0.25) is 29.6 Å². The fourth-order valence-corrected chi connectivity index (χ4v) is 3.78. The van der Waals surface area contributed by atoms with Crippen LogP contribution in [0.15, 0.2) is 40.9 Å². The Morgan fingerprint density at radius 1 is 1.09 bits per heavy atom. The van der Waals surface area contributed by atoms with Crippen molar-refractivity contribution < 1.29 is 33.4 Å². The fourth-order valence-electron chi connectivity index (χ4n) is 3.31. The van der Waals surface area contributed by atoms with Gasteiger partial charge in [0.15, 0.2) is 6.61 Å². The number of anilines is 1. The maximum atomic E-state index is 12.6. The lowest BCUT2D eigenvalue weighted by molar-refractivity contribution is -0.151. The minimum atomic E-state index is -0.810. The van der Waals surface area contributed by atoms with Crippen LogP contribution in [0.25, 0.3) is 0 Å². The Morgan fingerprint density at radius 3 is 2.38 bits per heavy atom. The molecule has 1 heterocycles. The molecule has 0 bridgehead atoms. The number of aryl methyl sites for hydroxylation is 1. The van der Waals surface area contributed by atoms with E-state index >= 15 is 0 Å². The number of carbonyl (C=O) groups excluding carboxylic acids is 4. The monoisotopic (exact) mass is 533 g/mol. The van der Waals surface area contributed by atoms with Crippen molar-refractivity contribution in [3.8, 4) is 11.5 Å². The molecule has 1 atom stereocenters. The van der Waals surface area contributed by atoms with Gasteiger partial charge in [0.25, 0.3) is 11.8 Å². The Labute approximate surface area is 204 Å². The van der Waals surface area contributed by atoms with E-state index in [1.165, 1.54) is 26.4 Å². The Morgan fingerprint density at radius 2 is 1.76 bits per heavy atom. The highest BCUT2D eigenvalue weighted by atomic mass is 79.9. The molecule has 34 heavy (non-hydrogen) atoms. The van der Waals surface area contributed by atoms with Crippen molar-refractivity contribution in [2.75, 3.05) is 32.7 Å². The number of carbonyl (C=O) groups is 4. The predicted octanol–water partition coefficient (Wildman–Crippen LogP) is 2.45. The van der Waals surface area contributed by atoms with Crippen LogP contribution in [0.4, 0.5) is 5.69 Å². The van der Waals surface area contributed by atoms with Crippen LogP contribution in [0.2, 0.25) is 0 Å². The second kappa shape index (κ2) is 11.0. The highest BCUT2D eigenvalue weighted by Gasteiger charge is 2.36. The van der Waals surface area contributed by atoms with Gasteiger partial charge in [-0.1, -0.05) is 15.9 Å². The molecule has 3 rings (SSSR count). The van der Waals surface area contributed by atoms with E-state index in [0.717, 1.165) is 15.0 Å². The molecular formula is C23H24BrN3O7.